The van der Waals surface area contributed by atoms with Crippen LogP contribution in [-0.2, 0) is 0 Å². The quantitative estimate of drug-likeness (QED) is 0.0966. The highest BCUT2D eigenvalue weighted by Gasteiger charge is 2.23. The predicted molar refractivity (Wildman–Crippen MR) is 410 cm³/mol. The fourth-order valence-corrected chi connectivity index (χ4v) is 14.3. The molecule has 5 aliphatic carbocycles. The van der Waals surface area contributed by atoms with Crippen molar-refractivity contribution >= 4 is 63.1 Å². The van der Waals surface area contributed by atoms with E-state index in [1.54, 1.807) is 0 Å². The van der Waals surface area contributed by atoms with E-state index in [1.807, 2.05) is 121 Å². The first kappa shape index (κ1) is 87.7. The van der Waals surface area contributed by atoms with Crippen LogP contribution in [0.4, 0.5) is 23.5 Å². The predicted octanol–water partition coefficient (Wildman–Crippen LogP) is 26.8. The Morgan fingerprint density at radius 3 is 0.463 bits per heavy atom. The van der Waals surface area contributed by atoms with E-state index < -0.39 is 0 Å². The first-order chi connectivity index (χ1) is 43.9. The van der Waals surface area contributed by atoms with Gasteiger partial charge in [0.2, 0.25) is 0 Å². The summed E-state index contributed by atoms with van der Waals surface area (Å²) in [5.41, 5.74) is 5.48. The zero-order valence-electron chi connectivity index (χ0n) is 57.6. The van der Waals surface area contributed by atoms with Crippen LogP contribution in [0.25, 0.3) is 0 Å². The first-order valence-corrected chi connectivity index (χ1v) is 37.4. The van der Waals surface area contributed by atoms with Gasteiger partial charge in [-0.1, -0.05) is 221 Å². The zero-order valence-corrected chi connectivity index (χ0v) is 61.7. The molecule has 5 fully saturated rings. The van der Waals surface area contributed by atoms with Crippen molar-refractivity contribution in [2.45, 2.75) is 252 Å². The molecule has 0 bridgehead atoms. The maximum Gasteiger partial charge on any atom is 0.0377 e. The molecule has 0 unspecified atom stereocenters. The Morgan fingerprint density at radius 1 is 0.221 bits per heavy atom. The van der Waals surface area contributed by atoms with E-state index in [0.29, 0.717) is 29.6 Å². The van der Waals surface area contributed by atoms with E-state index in [2.05, 4.69) is 93.8 Å². The summed E-state index contributed by atoms with van der Waals surface area (Å²) < 4.78 is 0. The number of hydrogen-bond acceptors (Lipinski definition) is 0. The summed E-state index contributed by atoms with van der Waals surface area (Å²) in [4.78, 5) is 4.45. The molecule has 0 N–H and O–H groups in total. The van der Waals surface area contributed by atoms with Crippen molar-refractivity contribution in [2.75, 3.05) is 0 Å². The summed E-state index contributed by atoms with van der Waals surface area (Å²) in [5.74, 6) is 41.5. The molecule has 0 aromatic heterocycles. The molecule has 0 nitrogen and oxygen atoms in total. The average molecular weight is 1390 g/mol. The second-order valence-corrected chi connectivity index (χ2v) is 28.9. The maximum absolute atomic E-state index is 5.07. The molecule has 0 aliphatic heterocycles. The lowest BCUT2D eigenvalue weighted by Gasteiger charge is -2.25. The molecule has 0 amide bonds. The van der Waals surface area contributed by atoms with Gasteiger partial charge >= 0.3 is 0 Å². The van der Waals surface area contributed by atoms with Crippen LogP contribution in [0.15, 0.2) is 146 Å². The molecular weight excluding hydrogens is 1280 g/mol. The minimum absolute atomic E-state index is 0. The van der Waals surface area contributed by atoms with Crippen LogP contribution in [0.3, 0.4) is 0 Å². The van der Waals surface area contributed by atoms with Gasteiger partial charge in [-0.3, -0.25) is 23.5 Å². The van der Waals surface area contributed by atoms with Gasteiger partial charge in [0, 0.05) is 81.9 Å². The van der Waals surface area contributed by atoms with Gasteiger partial charge in [0.15, 0.2) is 0 Å². The minimum atomic E-state index is 0. The van der Waals surface area contributed by atoms with Crippen LogP contribution in [-0.4, -0.2) is 0 Å². The molecule has 0 atom stereocenters. The standard InChI is InChI=1S/5C17H21S.5FH/c5*1-2-3-14-4-6-15(7-5-14)8-9-16-10-12-17(18)13-11-16;;;;;/h5*10-15H,2-7H2,1H3;5*1H/t5*14-,15-;;;;;. The second kappa shape index (κ2) is 51.8. The lowest BCUT2D eigenvalue weighted by Crippen LogP contribution is -2.13. The van der Waals surface area contributed by atoms with E-state index in [1.165, 1.54) is 193 Å². The Balaban J connectivity index is 0.000000586. The van der Waals surface area contributed by atoms with Crippen molar-refractivity contribution in [3.05, 3.63) is 149 Å². The minimum Gasteiger partial charge on any atom is -0.269 e. The maximum atomic E-state index is 5.07. The zero-order chi connectivity index (χ0) is 64.0. The monoisotopic (exact) mass is 1390 g/mol. The molecule has 5 aliphatic rings. The lowest BCUT2D eigenvalue weighted by molar-refractivity contribution is 0.300. The molecule has 5 aromatic carbocycles. The Kier molecular flexibility index (Phi) is 47.8. The highest BCUT2D eigenvalue weighted by atomic mass is 32.1. The summed E-state index contributed by atoms with van der Waals surface area (Å²) in [6.45, 7) is 11.4. The van der Waals surface area contributed by atoms with Crippen LogP contribution >= 0.6 is 63.1 Å². The molecule has 5 saturated carbocycles. The topological polar surface area (TPSA) is 0 Å². The van der Waals surface area contributed by atoms with Crippen LogP contribution in [0.1, 0.15) is 255 Å². The van der Waals surface area contributed by atoms with E-state index in [4.69, 9.17) is 63.1 Å². The summed E-state index contributed by atoms with van der Waals surface area (Å²) >= 11 is 25.4. The van der Waals surface area contributed by atoms with Crippen molar-refractivity contribution in [2.24, 2.45) is 59.2 Å². The van der Waals surface area contributed by atoms with E-state index >= 15 is 0 Å². The van der Waals surface area contributed by atoms with Crippen molar-refractivity contribution < 1.29 is 23.5 Å². The van der Waals surface area contributed by atoms with Crippen LogP contribution < -0.4 is 0 Å². The highest BCUT2D eigenvalue weighted by Crippen LogP contribution is 2.35. The van der Waals surface area contributed by atoms with Gasteiger partial charge in [-0.2, -0.15) is 0 Å². The third-order valence-corrected chi connectivity index (χ3v) is 20.5. The van der Waals surface area contributed by atoms with Crippen LogP contribution in [0.2, 0.25) is 0 Å². The Hall–Kier alpha value is -5.35. The summed E-state index contributed by atoms with van der Waals surface area (Å²) in [6.07, 6.45) is 40.3. The average Bonchev–Trinajstić information content (AvgIpc) is 3.77. The fraction of sp³-hybridized carbons (Fsp3) is 0.529. The molecule has 5 aromatic rings. The Morgan fingerprint density at radius 2 is 0.347 bits per heavy atom. The van der Waals surface area contributed by atoms with Gasteiger partial charge in [-0.25, -0.2) is 0 Å². The smallest absolute Gasteiger partial charge is 0.0377 e. The lowest BCUT2D eigenvalue weighted by atomic mass is 9.80. The van der Waals surface area contributed by atoms with Crippen molar-refractivity contribution in [1.29, 1.82) is 0 Å². The molecule has 10 heteroatoms. The fourth-order valence-electron chi connectivity index (χ4n) is 13.6. The summed E-state index contributed by atoms with van der Waals surface area (Å²) in [6, 6.07) is 39.8. The van der Waals surface area contributed by atoms with Gasteiger partial charge in [0.1, 0.15) is 0 Å². The molecule has 515 valence electrons. The van der Waals surface area contributed by atoms with E-state index in [-0.39, 0.29) is 23.5 Å². The second-order valence-electron chi connectivity index (χ2n) is 26.5. The summed E-state index contributed by atoms with van der Waals surface area (Å²) in [7, 11) is 0. The van der Waals surface area contributed by atoms with Gasteiger partial charge in [-0.05, 0) is 279 Å². The molecule has 0 heterocycles. The number of hydrogen-bond donors (Lipinski definition) is 0. The highest BCUT2D eigenvalue weighted by molar-refractivity contribution is 7.81. The van der Waals surface area contributed by atoms with Gasteiger partial charge in [0.05, 0.1) is 0 Å². The Bertz CT molecular complexity index is 2590. The molecule has 5 radical (unpaired) electrons. The molecular formula is C85H110F5S5. The van der Waals surface area contributed by atoms with Crippen LogP contribution in [0, 0.1) is 118 Å². The van der Waals surface area contributed by atoms with Gasteiger partial charge in [0.25, 0.3) is 0 Å². The molecule has 0 saturated heterocycles. The van der Waals surface area contributed by atoms with E-state index in [0.717, 1.165) is 81.9 Å². The Labute approximate surface area is 601 Å². The summed E-state index contributed by atoms with van der Waals surface area (Å²) in [5, 5.41) is 0. The van der Waals surface area contributed by atoms with E-state index in [9.17, 15) is 0 Å². The molecule has 0 spiro atoms. The van der Waals surface area contributed by atoms with Crippen LogP contribution in [0.5, 0.6) is 0 Å². The SMILES string of the molecule is CCC[C@H]1CC[C@H](C#Cc2ccc([S])cc2)CC1.CCC[C@H]1CC[C@H](C#Cc2ccc([S])cc2)CC1.CCC[C@H]1CC[C@H](C#Cc2ccc([S])cc2)CC1.CCC[C@H]1CC[C@H](C#Cc2ccc([S])cc2)CC1.CCC[C@H]1CC[C@H](C#Cc2ccc([S])cc2)CC1.F.F.F.F.F. The number of benzene rings is 5. The van der Waals surface area contributed by atoms with Crippen molar-refractivity contribution in [1.82, 2.24) is 0 Å². The molecule has 10 rings (SSSR count). The largest absolute Gasteiger partial charge is 0.269 e. The first-order valence-electron chi connectivity index (χ1n) is 35.3. The third-order valence-electron chi connectivity index (χ3n) is 19.1. The van der Waals surface area contributed by atoms with Crippen molar-refractivity contribution in [3.8, 4) is 59.2 Å². The van der Waals surface area contributed by atoms with Crippen molar-refractivity contribution in [3.63, 3.8) is 0 Å². The van der Waals surface area contributed by atoms with Gasteiger partial charge < -0.3 is 0 Å². The molecule has 95 heavy (non-hydrogen) atoms. The third kappa shape index (κ3) is 36.7. The number of rotatable bonds is 10. The van der Waals surface area contributed by atoms with Gasteiger partial charge in [-0.15, -0.1) is 0 Å². The normalized spacial score (nSPS) is 21.9. The number of halogens is 5.